The van der Waals surface area contributed by atoms with Crippen LogP contribution in [0.25, 0.3) is 6.08 Å². The lowest BCUT2D eigenvalue weighted by atomic mass is 10.2. The average Bonchev–Trinajstić information content (AvgIpc) is 2.35. The summed E-state index contributed by atoms with van der Waals surface area (Å²) in [6.07, 6.45) is 1.62. The lowest BCUT2D eigenvalue weighted by molar-refractivity contribution is 0.313. The van der Waals surface area contributed by atoms with Crippen LogP contribution in [-0.2, 0) is 4.74 Å². The molecule has 0 atom stereocenters. The third-order valence-electron chi connectivity index (χ3n) is 2.08. The molecule has 0 aliphatic carbocycles. The first-order valence-corrected chi connectivity index (χ1v) is 5.52. The second kappa shape index (κ2) is 6.16. The number of hydrogen-bond donors (Lipinski definition) is 0. The summed E-state index contributed by atoms with van der Waals surface area (Å²) in [5.74, 6) is 1.42. The third-order valence-corrected chi connectivity index (χ3v) is 2.67. The van der Waals surface area contributed by atoms with Crippen molar-refractivity contribution >= 4 is 22.0 Å². The Morgan fingerprint density at radius 3 is 2.47 bits per heavy atom. The zero-order valence-corrected chi connectivity index (χ0v) is 11.4. The Morgan fingerprint density at radius 1 is 1.29 bits per heavy atom. The number of methoxy groups -OCH3 is 3. The Hall–Kier alpha value is -1.67. The Bertz CT molecular complexity index is 477. The van der Waals surface area contributed by atoms with E-state index < -0.39 is 0 Å². The number of benzene rings is 1. The van der Waals surface area contributed by atoms with Crippen LogP contribution in [0.4, 0.5) is 0 Å². The molecular weight excluding hydrogens is 286 g/mol. The molecule has 0 aromatic heterocycles. The maximum Gasteiger partial charge on any atom is 0.197 e. The van der Waals surface area contributed by atoms with Crippen LogP contribution in [0.5, 0.6) is 11.5 Å². The molecule has 1 rings (SSSR count). The molecule has 0 bridgehead atoms. The van der Waals surface area contributed by atoms with E-state index in [0.717, 1.165) is 10.0 Å². The number of rotatable bonds is 4. The second-order valence-corrected chi connectivity index (χ2v) is 3.92. The third kappa shape index (κ3) is 3.14. The van der Waals surface area contributed by atoms with E-state index in [4.69, 9.17) is 19.5 Å². The summed E-state index contributed by atoms with van der Waals surface area (Å²) >= 11 is 3.37. The van der Waals surface area contributed by atoms with E-state index in [1.165, 1.54) is 7.11 Å². The first-order chi connectivity index (χ1) is 8.15. The number of hydrogen-bond acceptors (Lipinski definition) is 4. The lowest BCUT2D eigenvalue weighted by Crippen LogP contribution is -1.92. The fourth-order valence-corrected chi connectivity index (χ4v) is 1.93. The first kappa shape index (κ1) is 13.4. The molecule has 17 heavy (non-hydrogen) atoms. The molecule has 0 fully saturated rings. The highest BCUT2D eigenvalue weighted by molar-refractivity contribution is 9.10. The van der Waals surface area contributed by atoms with Gasteiger partial charge in [0.25, 0.3) is 0 Å². The molecule has 0 saturated heterocycles. The molecule has 1 aromatic rings. The van der Waals surface area contributed by atoms with E-state index in [2.05, 4.69) is 15.9 Å². The molecule has 4 nitrogen and oxygen atoms in total. The van der Waals surface area contributed by atoms with Crippen molar-refractivity contribution < 1.29 is 14.2 Å². The van der Waals surface area contributed by atoms with Gasteiger partial charge < -0.3 is 14.2 Å². The molecular formula is C12H12BrNO3. The number of halogens is 1. The van der Waals surface area contributed by atoms with Gasteiger partial charge in [-0.15, -0.1) is 0 Å². The van der Waals surface area contributed by atoms with Gasteiger partial charge in [0.1, 0.15) is 6.07 Å². The van der Waals surface area contributed by atoms with Crippen LogP contribution in [0, 0.1) is 11.3 Å². The summed E-state index contributed by atoms with van der Waals surface area (Å²) in [4.78, 5) is 0. The summed E-state index contributed by atoms with van der Waals surface area (Å²) in [6.45, 7) is 0. The average molecular weight is 298 g/mol. The highest BCUT2D eigenvalue weighted by Crippen LogP contribution is 2.36. The van der Waals surface area contributed by atoms with Crippen LogP contribution in [0.1, 0.15) is 5.56 Å². The normalized spacial score (nSPS) is 10.6. The quantitative estimate of drug-likeness (QED) is 0.633. The number of allylic oxidation sites excluding steroid dienone is 1. The molecule has 0 aliphatic rings. The predicted octanol–water partition coefficient (Wildman–Crippen LogP) is 2.98. The smallest absolute Gasteiger partial charge is 0.197 e. The van der Waals surface area contributed by atoms with Crippen molar-refractivity contribution in [2.24, 2.45) is 0 Å². The van der Waals surface area contributed by atoms with Crippen molar-refractivity contribution in [3.63, 3.8) is 0 Å². The fraction of sp³-hybridized carbons (Fsp3) is 0.250. The molecule has 0 unspecified atom stereocenters. The minimum Gasteiger partial charge on any atom is -0.493 e. The molecule has 0 heterocycles. The van der Waals surface area contributed by atoms with Crippen molar-refractivity contribution in [3.8, 4) is 17.6 Å². The Labute approximate surface area is 109 Å². The molecule has 0 N–H and O–H groups in total. The van der Waals surface area contributed by atoms with Gasteiger partial charge in [-0.25, -0.2) is 0 Å². The van der Waals surface area contributed by atoms with Crippen LogP contribution >= 0.6 is 15.9 Å². The fourth-order valence-electron chi connectivity index (χ4n) is 1.31. The zero-order chi connectivity index (χ0) is 12.8. The standard InChI is InChI=1S/C12H12BrNO3/c1-15-9(7-14)4-8-5-10(13)12(17-3)11(6-8)16-2/h4-6H,1-3H3. The van der Waals surface area contributed by atoms with Crippen LogP contribution in [0.2, 0.25) is 0 Å². The zero-order valence-electron chi connectivity index (χ0n) is 9.78. The predicted molar refractivity (Wildman–Crippen MR) is 67.8 cm³/mol. The minimum absolute atomic E-state index is 0.226. The van der Waals surface area contributed by atoms with Crippen LogP contribution in [-0.4, -0.2) is 21.3 Å². The van der Waals surface area contributed by atoms with E-state index in [9.17, 15) is 0 Å². The topological polar surface area (TPSA) is 51.5 Å². The SMILES string of the molecule is COC(C#N)=Cc1cc(Br)c(OC)c(OC)c1. The van der Waals surface area contributed by atoms with E-state index >= 15 is 0 Å². The van der Waals surface area contributed by atoms with Crippen molar-refractivity contribution in [2.45, 2.75) is 0 Å². The van der Waals surface area contributed by atoms with E-state index in [1.54, 1.807) is 26.4 Å². The van der Waals surface area contributed by atoms with Gasteiger partial charge in [-0.05, 0) is 39.7 Å². The maximum atomic E-state index is 8.77. The molecule has 0 amide bonds. The number of ether oxygens (including phenoxy) is 3. The monoisotopic (exact) mass is 297 g/mol. The Balaban J connectivity index is 3.26. The van der Waals surface area contributed by atoms with Gasteiger partial charge in [-0.3, -0.25) is 0 Å². The summed E-state index contributed by atoms with van der Waals surface area (Å²) in [5, 5.41) is 8.77. The molecule has 5 heteroatoms. The summed E-state index contributed by atoms with van der Waals surface area (Å²) < 4.78 is 16.0. The molecule has 0 saturated carbocycles. The molecule has 1 aromatic carbocycles. The van der Waals surface area contributed by atoms with Gasteiger partial charge in [-0.1, -0.05) is 0 Å². The largest absolute Gasteiger partial charge is 0.493 e. The second-order valence-electron chi connectivity index (χ2n) is 3.06. The van der Waals surface area contributed by atoms with Crippen molar-refractivity contribution in [1.82, 2.24) is 0 Å². The van der Waals surface area contributed by atoms with Gasteiger partial charge in [0.2, 0.25) is 0 Å². The van der Waals surface area contributed by atoms with Crippen LogP contribution in [0.15, 0.2) is 22.4 Å². The van der Waals surface area contributed by atoms with E-state index in [-0.39, 0.29) is 5.76 Å². The van der Waals surface area contributed by atoms with Gasteiger partial charge >= 0.3 is 0 Å². The Morgan fingerprint density at radius 2 is 2.00 bits per heavy atom. The van der Waals surface area contributed by atoms with Gasteiger partial charge in [0.15, 0.2) is 17.3 Å². The molecule has 0 radical (unpaired) electrons. The molecule has 0 aliphatic heterocycles. The van der Waals surface area contributed by atoms with Gasteiger partial charge in [0, 0.05) is 0 Å². The van der Waals surface area contributed by atoms with E-state index in [0.29, 0.717) is 11.5 Å². The summed E-state index contributed by atoms with van der Waals surface area (Å²) in [6, 6.07) is 5.52. The summed E-state index contributed by atoms with van der Waals surface area (Å²) in [7, 11) is 4.57. The van der Waals surface area contributed by atoms with Crippen molar-refractivity contribution in [1.29, 1.82) is 5.26 Å². The van der Waals surface area contributed by atoms with E-state index in [1.807, 2.05) is 12.1 Å². The van der Waals surface area contributed by atoms with Crippen molar-refractivity contribution in [3.05, 3.63) is 27.9 Å². The lowest BCUT2D eigenvalue weighted by Gasteiger charge is -2.10. The highest BCUT2D eigenvalue weighted by Gasteiger charge is 2.10. The summed E-state index contributed by atoms with van der Waals surface area (Å²) in [5.41, 5.74) is 0.785. The Kier molecular flexibility index (Phi) is 4.85. The number of nitriles is 1. The van der Waals surface area contributed by atoms with Crippen LogP contribution < -0.4 is 9.47 Å². The maximum absolute atomic E-state index is 8.77. The first-order valence-electron chi connectivity index (χ1n) is 4.73. The van der Waals surface area contributed by atoms with Crippen molar-refractivity contribution in [2.75, 3.05) is 21.3 Å². The molecule has 0 spiro atoms. The van der Waals surface area contributed by atoms with Gasteiger partial charge in [0.05, 0.1) is 25.8 Å². The highest BCUT2D eigenvalue weighted by atomic mass is 79.9. The van der Waals surface area contributed by atoms with Gasteiger partial charge in [-0.2, -0.15) is 5.26 Å². The minimum atomic E-state index is 0.226. The van der Waals surface area contributed by atoms with Crippen LogP contribution in [0.3, 0.4) is 0 Å². The molecule has 90 valence electrons. The number of nitrogens with zero attached hydrogens (tertiary/aromatic N) is 1.